The summed E-state index contributed by atoms with van der Waals surface area (Å²) in [4.78, 5) is 27.5. The zero-order chi connectivity index (χ0) is 15.0. The van der Waals surface area contributed by atoms with E-state index in [0.717, 1.165) is 18.4 Å². The van der Waals surface area contributed by atoms with Gasteiger partial charge in [-0.1, -0.05) is 24.3 Å². The van der Waals surface area contributed by atoms with Crippen LogP contribution in [0.25, 0.3) is 0 Å². The molecule has 1 fully saturated rings. The Bertz CT molecular complexity index is 595. The monoisotopic (exact) mass is 286 g/mol. The summed E-state index contributed by atoms with van der Waals surface area (Å²) < 4.78 is 0. The maximum atomic E-state index is 12.8. The summed E-state index contributed by atoms with van der Waals surface area (Å²) in [6.45, 7) is 4.14. The van der Waals surface area contributed by atoms with Crippen LogP contribution in [0.3, 0.4) is 0 Å². The minimum atomic E-state index is -0.964. The molecule has 1 aliphatic carbocycles. The molecule has 1 heterocycles. The first-order valence-electron chi connectivity index (χ1n) is 7.15. The standard InChI is InChI=1S/C16H18N2O3/c1-2-9-17(12-7-8-12)16(21)18-13-6-4-3-5-11(13)10-14(18)15(19)20/h2-6,12,14H,1,7-10H2,(H,19,20). The van der Waals surface area contributed by atoms with Crippen LogP contribution in [-0.2, 0) is 11.2 Å². The number of fused-ring (bicyclic) bond motifs is 1. The molecule has 5 nitrogen and oxygen atoms in total. The van der Waals surface area contributed by atoms with Gasteiger partial charge in [-0.2, -0.15) is 0 Å². The van der Waals surface area contributed by atoms with E-state index >= 15 is 0 Å². The Morgan fingerprint density at radius 3 is 2.71 bits per heavy atom. The predicted molar refractivity (Wildman–Crippen MR) is 79.4 cm³/mol. The van der Waals surface area contributed by atoms with Crippen molar-refractivity contribution in [1.29, 1.82) is 0 Å². The maximum Gasteiger partial charge on any atom is 0.327 e. The fourth-order valence-corrected chi connectivity index (χ4v) is 2.87. The molecule has 5 heteroatoms. The summed E-state index contributed by atoms with van der Waals surface area (Å²) in [5, 5.41) is 9.44. The highest BCUT2D eigenvalue weighted by molar-refractivity contribution is 6.01. The van der Waals surface area contributed by atoms with Gasteiger partial charge in [0.05, 0.1) is 0 Å². The first kappa shape index (κ1) is 13.7. The summed E-state index contributed by atoms with van der Waals surface area (Å²) in [6.07, 6.45) is 4.01. The lowest BCUT2D eigenvalue weighted by Gasteiger charge is -2.30. The van der Waals surface area contributed by atoms with Gasteiger partial charge in [-0.3, -0.25) is 4.90 Å². The van der Waals surface area contributed by atoms with Crippen molar-refractivity contribution < 1.29 is 14.7 Å². The number of hydrogen-bond acceptors (Lipinski definition) is 2. The third kappa shape index (κ3) is 2.39. The summed E-state index contributed by atoms with van der Waals surface area (Å²) in [5.41, 5.74) is 1.62. The Morgan fingerprint density at radius 2 is 2.10 bits per heavy atom. The first-order chi connectivity index (χ1) is 10.1. The quantitative estimate of drug-likeness (QED) is 0.864. The molecule has 2 aliphatic rings. The molecule has 0 spiro atoms. The average Bonchev–Trinajstić information content (AvgIpc) is 3.23. The van der Waals surface area contributed by atoms with Gasteiger partial charge in [-0.15, -0.1) is 6.58 Å². The molecule has 1 N–H and O–H groups in total. The molecule has 3 rings (SSSR count). The van der Waals surface area contributed by atoms with Crippen molar-refractivity contribution in [3.63, 3.8) is 0 Å². The summed E-state index contributed by atoms with van der Waals surface area (Å²) >= 11 is 0. The van der Waals surface area contributed by atoms with Crippen molar-refractivity contribution in [1.82, 2.24) is 4.90 Å². The van der Waals surface area contributed by atoms with Gasteiger partial charge in [0.1, 0.15) is 6.04 Å². The van der Waals surface area contributed by atoms with Crippen molar-refractivity contribution >= 4 is 17.7 Å². The summed E-state index contributed by atoms with van der Waals surface area (Å²) in [7, 11) is 0. The van der Waals surface area contributed by atoms with Crippen LogP contribution in [0.2, 0.25) is 0 Å². The lowest BCUT2D eigenvalue weighted by atomic mass is 10.1. The van der Waals surface area contributed by atoms with E-state index in [-0.39, 0.29) is 12.1 Å². The molecule has 1 aromatic rings. The second-order valence-corrected chi connectivity index (χ2v) is 5.51. The highest BCUT2D eigenvalue weighted by Gasteiger charge is 2.43. The molecular formula is C16H18N2O3. The van der Waals surface area contributed by atoms with Crippen molar-refractivity contribution in [2.45, 2.75) is 31.3 Å². The van der Waals surface area contributed by atoms with Crippen LogP contribution in [-0.4, -0.2) is 40.6 Å². The normalized spacial score (nSPS) is 20.0. The molecular weight excluding hydrogens is 268 g/mol. The van der Waals surface area contributed by atoms with Crippen LogP contribution in [0.15, 0.2) is 36.9 Å². The van der Waals surface area contributed by atoms with Gasteiger partial charge in [-0.25, -0.2) is 9.59 Å². The number of urea groups is 1. The topological polar surface area (TPSA) is 60.9 Å². The van der Waals surface area contributed by atoms with Gasteiger partial charge in [0, 0.05) is 24.7 Å². The van der Waals surface area contributed by atoms with Gasteiger partial charge >= 0.3 is 12.0 Å². The number of carboxylic acids is 1. The third-order valence-electron chi connectivity index (χ3n) is 4.03. The highest BCUT2D eigenvalue weighted by Crippen LogP contribution is 2.35. The molecule has 0 bridgehead atoms. The van der Waals surface area contributed by atoms with Gasteiger partial charge in [0.15, 0.2) is 0 Å². The number of carboxylic acid groups (broad SMARTS) is 1. The number of aliphatic carboxylic acids is 1. The van der Waals surface area contributed by atoms with Gasteiger partial charge < -0.3 is 10.0 Å². The van der Waals surface area contributed by atoms with Crippen LogP contribution in [0.1, 0.15) is 18.4 Å². The average molecular weight is 286 g/mol. The van der Waals surface area contributed by atoms with E-state index in [1.165, 1.54) is 4.90 Å². The van der Waals surface area contributed by atoms with E-state index in [4.69, 9.17) is 0 Å². The highest BCUT2D eigenvalue weighted by atomic mass is 16.4. The van der Waals surface area contributed by atoms with Crippen LogP contribution >= 0.6 is 0 Å². The maximum absolute atomic E-state index is 12.8. The van der Waals surface area contributed by atoms with Crippen LogP contribution in [0, 0.1) is 0 Å². The molecule has 110 valence electrons. The van der Waals surface area contributed by atoms with Crippen molar-refractivity contribution in [3.05, 3.63) is 42.5 Å². The molecule has 1 atom stereocenters. The number of benzene rings is 1. The molecule has 0 aromatic heterocycles. The SMILES string of the molecule is C=CCN(C(=O)N1c2ccccc2CC1C(=O)O)C1CC1. The molecule has 1 saturated carbocycles. The van der Waals surface area contributed by atoms with E-state index in [1.807, 2.05) is 24.3 Å². The zero-order valence-electron chi connectivity index (χ0n) is 11.7. The molecule has 21 heavy (non-hydrogen) atoms. The Balaban J connectivity index is 1.94. The minimum absolute atomic E-state index is 0.220. The fourth-order valence-electron chi connectivity index (χ4n) is 2.87. The molecule has 0 saturated heterocycles. The molecule has 1 aliphatic heterocycles. The number of rotatable bonds is 4. The van der Waals surface area contributed by atoms with E-state index in [1.54, 1.807) is 11.0 Å². The van der Waals surface area contributed by atoms with Gasteiger partial charge in [-0.05, 0) is 24.5 Å². The van der Waals surface area contributed by atoms with Gasteiger partial charge in [0.2, 0.25) is 0 Å². The van der Waals surface area contributed by atoms with Crippen molar-refractivity contribution in [2.75, 3.05) is 11.4 Å². The van der Waals surface area contributed by atoms with Crippen LogP contribution < -0.4 is 4.90 Å². The number of hydrogen-bond donors (Lipinski definition) is 1. The van der Waals surface area contributed by atoms with Crippen molar-refractivity contribution in [2.24, 2.45) is 0 Å². The Labute approximate surface area is 123 Å². The predicted octanol–water partition coefficient (Wildman–Crippen LogP) is 2.27. The number of anilines is 1. The summed E-state index contributed by atoms with van der Waals surface area (Å²) in [6, 6.07) is 6.57. The second kappa shape index (κ2) is 5.24. The first-order valence-corrected chi connectivity index (χ1v) is 7.15. The molecule has 2 amide bonds. The van der Waals surface area contributed by atoms with E-state index in [0.29, 0.717) is 18.7 Å². The number of para-hydroxylation sites is 1. The van der Waals surface area contributed by atoms with Gasteiger partial charge in [0.25, 0.3) is 0 Å². The second-order valence-electron chi connectivity index (χ2n) is 5.51. The third-order valence-corrected chi connectivity index (χ3v) is 4.03. The number of nitrogens with zero attached hydrogens (tertiary/aromatic N) is 2. The van der Waals surface area contributed by atoms with Crippen LogP contribution in [0.4, 0.5) is 10.5 Å². The van der Waals surface area contributed by atoms with Crippen molar-refractivity contribution in [3.8, 4) is 0 Å². The number of carbonyl (C=O) groups is 2. The number of amides is 2. The van der Waals surface area contributed by atoms with Crippen LogP contribution in [0.5, 0.6) is 0 Å². The molecule has 1 aromatic carbocycles. The van der Waals surface area contributed by atoms with E-state index in [9.17, 15) is 14.7 Å². The Morgan fingerprint density at radius 1 is 1.38 bits per heavy atom. The molecule has 0 radical (unpaired) electrons. The Hall–Kier alpha value is -2.30. The van der Waals surface area contributed by atoms with E-state index < -0.39 is 12.0 Å². The lowest BCUT2D eigenvalue weighted by molar-refractivity contribution is -0.138. The zero-order valence-corrected chi connectivity index (χ0v) is 11.7. The number of carbonyl (C=O) groups excluding carboxylic acids is 1. The Kier molecular flexibility index (Phi) is 3.41. The van der Waals surface area contributed by atoms with E-state index in [2.05, 4.69) is 6.58 Å². The summed E-state index contributed by atoms with van der Waals surface area (Å²) in [5.74, 6) is -0.964. The minimum Gasteiger partial charge on any atom is -0.480 e. The lowest BCUT2D eigenvalue weighted by Crippen LogP contribution is -2.50. The smallest absolute Gasteiger partial charge is 0.327 e. The fraction of sp³-hybridized carbons (Fsp3) is 0.375. The molecule has 1 unspecified atom stereocenters. The largest absolute Gasteiger partial charge is 0.480 e.